The molecule has 0 bridgehead atoms. The van der Waals surface area contributed by atoms with Gasteiger partial charge < -0.3 is 5.11 Å². The molecule has 0 aliphatic heterocycles. The first-order valence-corrected chi connectivity index (χ1v) is 8.18. The first kappa shape index (κ1) is 14.5. The molecule has 0 aliphatic carbocycles. The predicted octanol–water partition coefficient (Wildman–Crippen LogP) is 2.37. The van der Waals surface area contributed by atoms with E-state index in [-0.39, 0.29) is 18.0 Å². The van der Waals surface area contributed by atoms with Crippen LogP contribution in [0.3, 0.4) is 0 Å². The van der Waals surface area contributed by atoms with Crippen molar-refractivity contribution in [2.75, 3.05) is 0 Å². The van der Waals surface area contributed by atoms with Crippen molar-refractivity contribution in [1.29, 1.82) is 0 Å². The third-order valence-electron chi connectivity index (χ3n) is 2.49. The Morgan fingerprint density at radius 3 is 2.79 bits per heavy atom. The highest BCUT2D eigenvalue weighted by Gasteiger charge is 2.18. The molecule has 0 aliphatic rings. The number of halogens is 1. The third-order valence-corrected chi connectivity index (χ3v) is 5.25. The first-order valence-electron chi connectivity index (χ1n) is 5.44. The zero-order valence-corrected chi connectivity index (χ0v) is 12.2. The van der Waals surface area contributed by atoms with Crippen LogP contribution in [0.25, 0.3) is 0 Å². The standard InChI is InChI=1S/C12H12ClNO3S2/c13-10-3-1-2-9(6-10)7-14-19(16,17)12-4-5-18-11(12)8-15/h1-6,14-15H,7-8H2. The lowest BCUT2D eigenvalue weighted by molar-refractivity contribution is 0.282. The van der Waals surface area contributed by atoms with Gasteiger partial charge in [-0.05, 0) is 29.1 Å². The minimum Gasteiger partial charge on any atom is -0.391 e. The Labute approximate surface area is 120 Å². The van der Waals surface area contributed by atoms with Gasteiger partial charge in [-0.3, -0.25) is 0 Å². The summed E-state index contributed by atoms with van der Waals surface area (Å²) in [6, 6.07) is 8.45. The van der Waals surface area contributed by atoms with E-state index < -0.39 is 10.0 Å². The number of aliphatic hydroxyl groups is 1. The van der Waals surface area contributed by atoms with Crippen LogP contribution in [0.1, 0.15) is 10.4 Å². The molecule has 1 aromatic carbocycles. The van der Waals surface area contributed by atoms with Crippen molar-refractivity contribution < 1.29 is 13.5 Å². The van der Waals surface area contributed by atoms with Gasteiger partial charge in [0.2, 0.25) is 10.0 Å². The number of hydrogen-bond donors (Lipinski definition) is 2. The Balaban J connectivity index is 2.14. The van der Waals surface area contributed by atoms with Crippen molar-refractivity contribution in [3.8, 4) is 0 Å². The van der Waals surface area contributed by atoms with Crippen molar-refractivity contribution >= 4 is 33.0 Å². The smallest absolute Gasteiger partial charge is 0.242 e. The van der Waals surface area contributed by atoms with Gasteiger partial charge >= 0.3 is 0 Å². The van der Waals surface area contributed by atoms with Crippen molar-refractivity contribution in [2.45, 2.75) is 18.0 Å². The average molecular weight is 318 g/mol. The van der Waals surface area contributed by atoms with Crippen LogP contribution in [-0.2, 0) is 23.2 Å². The fraction of sp³-hybridized carbons (Fsp3) is 0.167. The molecule has 0 saturated heterocycles. The highest BCUT2D eigenvalue weighted by molar-refractivity contribution is 7.89. The van der Waals surface area contributed by atoms with E-state index >= 15 is 0 Å². The van der Waals surface area contributed by atoms with Crippen LogP contribution < -0.4 is 4.72 Å². The maximum Gasteiger partial charge on any atom is 0.242 e. The summed E-state index contributed by atoms with van der Waals surface area (Å²) in [5.74, 6) is 0. The number of nitrogens with one attached hydrogen (secondary N) is 1. The summed E-state index contributed by atoms with van der Waals surface area (Å²) < 4.78 is 26.7. The second kappa shape index (κ2) is 6.02. The van der Waals surface area contributed by atoms with Crippen molar-refractivity contribution in [3.63, 3.8) is 0 Å². The first-order chi connectivity index (χ1) is 9.03. The Morgan fingerprint density at radius 1 is 1.32 bits per heavy atom. The average Bonchev–Trinajstić information content (AvgIpc) is 2.86. The number of rotatable bonds is 5. The second-order valence-electron chi connectivity index (χ2n) is 3.82. The number of aliphatic hydroxyl groups excluding tert-OH is 1. The number of sulfonamides is 1. The summed E-state index contributed by atoms with van der Waals surface area (Å²) in [7, 11) is -3.61. The molecule has 102 valence electrons. The van der Waals surface area contributed by atoms with Gasteiger partial charge in [-0.2, -0.15) is 0 Å². The fourth-order valence-electron chi connectivity index (χ4n) is 1.59. The minimum atomic E-state index is -3.61. The molecule has 0 fully saturated rings. The van der Waals surface area contributed by atoms with Crippen molar-refractivity contribution in [3.05, 3.63) is 51.2 Å². The molecule has 0 saturated carbocycles. The summed E-state index contributed by atoms with van der Waals surface area (Å²) in [6.45, 7) is -0.130. The summed E-state index contributed by atoms with van der Waals surface area (Å²) in [5, 5.41) is 11.3. The van der Waals surface area contributed by atoms with Gasteiger partial charge in [0.25, 0.3) is 0 Å². The highest BCUT2D eigenvalue weighted by Crippen LogP contribution is 2.22. The molecule has 2 rings (SSSR count). The van der Waals surface area contributed by atoms with Crippen molar-refractivity contribution in [1.82, 2.24) is 4.72 Å². The molecule has 2 N–H and O–H groups in total. The van der Waals surface area contributed by atoms with Crippen LogP contribution >= 0.6 is 22.9 Å². The van der Waals surface area contributed by atoms with Crippen LogP contribution in [0.5, 0.6) is 0 Å². The molecule has 0 spiro atoms. The number of thiophene rings is 1. The van der Waals surface area contributed by atoms with E-state index in [9.17, 15) is 8.42 Å². The van der Waals surface area contributed by atoms with E-state index in [0.29, 0.717) is 9.90 Å². The molecule has 0 unspecified atom stereocenters. The molecule has 4 nitrogen and oxygen atoms in total. The van der Waals surface area contributed by atoms with Gasteiger partial charge in [0.15, 0.2) is 0 Å². The summed E-state index contributed by atoms with van der Waals surface area (Å²) in [4.78, 5) is 0.556. The van der Waals surface area contributed by atoms with Crippen LogP contribution in [0.15, 0.2) is 40.6 Å². The molecule has 0 atom stereocenters. The highest BCUT2D eigenvalue weighted by atomic mass is 35.5. The maximum absolute atomic E-state index is 12.1. The molecule has 1 aromatic heterocycles. The Hall–Kier alpha value is -0.920. The topological polar surface area (TPSA) is 66.4 Å². The summed E-state index contributed by atoms with van der Waals surface area (Å²) in [6.07, 6.45) is 0. The molecular formula is C12H12ClNO3S2. The van der Waals surface area contributed by atoms with E-state index in [1.165, 1.54) is 17.4 Å². The molecule has 0 amide bonds. The monoisotopic (exact) mass is 317 g/mol. The van der Waals surface area contributed by atoms with E-state index in [0.717, 1.165) is 5.56 Å². The van der Waals surface area contributed by atoms with Gasteiger partial charge in [-0.15, -0.1) is 11.3 Å². The van der Waals surface area contributed by atoms with E-state index in [1.807, 2.05) is 0 Å². The number of hydrogen-bond acceptors (Lipinski definition) is 4. The van der Waals surface area contributed by atoms with Gasteiger partial charge in [0.1, 0.15) is 0 Å². The largest absolute Gasteiger partial charge is 0.391 e. The van der Waals surface area contributed by atoms with Crippen LogP contribution in [0.4, 0.5) is 0 Å². The van der Waals surface area contributed by atoms with Crippen LogP contribution in [0, 0.1) is 0 Å². The predicted molar refractivity (Wildman–Crippen MR) is 75.7 cm³/mol. The molecule has 7 heteroatoms. The normalized spacial score (nSPS) is 11.7. The molecular weight excluding hydrogens is 306 g/mol. The Morgan fingerprint density at radius 2 is 2.11 bits per heavy atom. The van der Waals surface area contributed by atoms with Crippen LogP contribution in [0.2, 0.25) is 5.02 Å². The van der Waals surface area contributed by atoms with E-state index in [1.54, 1.807) is 29.6 Å². The van der Waals surface area contributed by atoms with Gasteiger partial charge in [-0.1, -0.05) is 23.7 Å². The zero-order valence-electron chi connectivity index (χ0n) is 9.84. The number of benzene rings is 1. The summed E-state index contributed by atoms with van der Waals surface area (Å²) >= 11 is 7.04. The van der Waals surface area contributed by atoms with Gasteiger partial charge in [-0.25, -0.2) is 13.1 Å². The molecule has 0 radical (unpaired) electrons. The van der Waals surface area contributed by atoms with Gasteiger partial charge in [0.05, 0.1) is 11.5 Å². The SMILES string of the molecule is O=S(=O)(NCc1cccc(Cl)c1)c1ccsc1CO. The molecule has 1 heterocycles. The van der Waals surface area contributed by atoms with E-state index in [4.69, 9.17) is 16.7 Å². The Kier molecular flexibility index (Phi) is 4.59. The second-order valence-corrected chi connectivity index (χ2v) is 6.99. The fourth-order valence-corrected chi connectivity index (χ4v) is 4.11. The third kappa shape index (κ3) is 3.55. The lowest BCUT2D eigenvalue weighted by Crippen LogP contribution is -2.23. The van der Waals surface area contributed by atoms with Gasteiger partial charge in [0, 0.05) is 16.4 Å². The molecule has 19 heavy (non-hydrogen) atoms. The van der Waals surface area contributed by atoms with E-state index in [2.05, 4.69) is 4.72 Å². The molecule has 2 aromatic rings. The lowest BCUT2D eigenvalue weighted by atomic mass is 10.2. The Bertz CT molecular complexity index is 667. The quantitative estimate of drug-likeness (QED) is 0.889. The minimum absolute atomic E-state index is 0.127. The summed E-state index contributed by atoms with van der Waals surface area (Å²) in [5.41, 5.74) is 0.775. The van der Waals surface area contributed by atoms with Crippen LogP contribution in [-0.4, -0.2) is 13.5 Å². The van der Waals surface area contributed by atoms with Crippen molar-refractivity contribution in [2.24, 2.45) is 0 Å². The maximum atomic E-state index is 12.1. The zero-order chi connectivity index (χ0) is 13.9. The lowest BCUT2D eigenvalue weighted by Gasteiger charge is -2.07.